The summed E-state index contributed by atoms with van der Waals surface area (Å²) in [5.74, 6) is -2.04. The Labute approximate surface area is 189 Å². The van der Waals surface area contributed by atoms with Gasteiger partial charge < -0.3 is 10.6 Å². The molecule has 0 aliphatic heterocycles. The number of aryl methyl sites for hydroxylation is 1. The molecule has 1 atom stereocenters. The third kappa shape index (κ3) is 5.92. The van der Waals surface area contributed by atoms with Crippen molar-refractivity contribution in [3.8, 4) is 0 Å². The second kappa shape index (κ2) is 10.7. The molecule has 0 saturated carbocycles. The smallest absolute Gasteiger partial charge is 0.251 e. The number of carbonyl (C=O) groups is 2. The molecule has 0 aromatic heterocycles. The van der Waals surface area contributed by atoms with E-state index in [4.69, 9.17) is 0 Å². The van der Waals surface area contributed by atoms with E-state index in [1.54, 1.807) is 40.7 Å². The first-order chi connectivity index (χ1) is 15.0. The van der Waals surface area contributed by atoms with Crippen LogP contribution in [0.1, 0.15) is 43.6 Å². The molecule has 2 aromatic rings. The predicted octanol–water partition coefficient (Wildman–Crippen LogP) is 3.56. The van der Waals surface area contributed by atoms with Gasteiger partial charge in [0.1, 0.15) is 11.9 Å². The lowest BCUT2D eigenvalue weighted by molar-refractivity contribution is -0.118. The van der Waals surface area contributed by atoms with Crippen LogP contribution in [-0.2, 0) is 14.8 Å². The Kier molecular flexibility index (Phi) is 8.51. The van der Waals surface area contributed by atoms with Crippen LogP contribution < -0.4 is 10.6 Å². The lowest BCUT2D eigenvalue weighted by Gasteiger charge is -2.22. The van der Waals surface area contributed by atoms with Crippen molar-refractivity contribution < 1.29 is 22.4 Å². The molecule has 174 valence electrons. The number of nitrogens with zero attached hydrogens (tertiary/aromatic N) is 1. The highest BCUT2D eigenvalue weighted by Crippen LogP contribution is 2.19. The van der Waals surface area contributed by atoms with Gasteiger partial charge in [-0.1, -0.05) is 39.8 Å². The first kappa shape index (κ1) is 25.5. The van der Waals surface area contributed by atoms with Gasteiger partial charge >= 0.3 is 0 Å². The minimum absolute atomic E-state index is 0.00114. The Morgan fingerprint density at radius 1 is 1.06 bits per heavy atom. The van der Waals surface area contributed by atoms with Crippen LogP contribution in [0, 0.1) is 18.7 Å². The first-order valence-electron chi connectivity index (χ1n) is 10.5. The Morgan fingerprint density at radius 3 is 2.31 bits per heavy atom. The number of amides is 2. The van der Waals surface area contributed by atoms with E-state index in [2.05, 4.69) is 10.6 Å². The summed E-state index contributed by atoms with van der Waals surface area (Å²) in [6.07, 6.45) is 0. The topological polar surface area (TPSA) is 95.6 Å². The van der Waals surface area contributed by atoms with E-state index in [0.717, 1.165) is 5.56 Å². The molecule has 0 aliphatic rings. The van der Waals surface area contributed by atoms with Gasteiger partial charge in [0, 0.05) is 18.7 Å². The van der Waals surface area contributed by atoms with Crippen molar-refractivity contribution in [2.75, 3.05) is 18.4 Å². The highest BCUT2D eigenvalue weighted by atomic mass is 32.2. The summed E-state index contributed by atoms with van der Waals surface area (Å²) in [6, 6.07) is 9.08. The molecule has 0 aliphatic carbocycles. The molecule has 2 aromatic carbocycles. The number of hydrogen-bond acceptors (Lipinski definition) is 4. The van der Waals surface area contributed by atoms with E-state index in [1.165, 1.54) is 40.7 Å². The Hall–Kier alpha value is -2.78. The molecule has 2 N–H and O–H groups in total. The molecule has 0 unspecified atom stereocenters. The van der Waals surface area contributed by atoms with Gasteiger partial charge in [-0.05, 0) is 48.7 Å². The number of benzene rings is 2. The summed E-state index contributed by atoms with van der Waals surface area (Å²) >= 11 is 0. The van der Waals surface area contributed by atoms with Crippen LogP contribution in [0.25, 0.3) is 0 Å². The third-order valence-corrected chi connectivity index (χ3v) is 7.10. The quantitative estimate of drug-likeness (QED) is 0.594. The second-order valence-electron chi connectivity index (χ2n) is 7.78. The van der Waals surface area contributed by atoms with Crippen molar-refractivity contribution in [2.24, 2.45) is 5.92 Å². The lowest BCUT2D eigenvalue weighted by atomic mass is 10.0. The lowest BCUT2D eigenvalue weighted by Crippen LogP contribution is -2.47. The minimum Gasteiger partial charge on any atom is -0.340 e. The maximum atomic E-state index is 14.0. The minimum atomic E-state index is -3.74. The molecule has 7 nitrogen and oxygen atoms in total. The van der Waals surface area contributed by atoms with Gasteiger partial charge in [-0.3, -0.25) is 9.59 Å². The van der Waals surface area contributed by atoms with Crippen LogP contribution >= 0.6 is 0 Å². The Morgan fingerprint density at radius 2 is 1.72 bits per heavy atom. The molecule has 0 radical (unpaired) electrons. The average molecular weight is 464 g/mol. The van der Waals surface area contributed by atoms with Crippen LogP contribution in [0.2, 0.25) is 0 Å². The number of carbonyl (C=O) groups excluding carboxylic acids is 2. The largest absolute Gasteiger partial charge is 0.340 e. The number of hydrogen-bond donors (Lipinski definition) is 2. The van der Waals surface area contributed by atoms with E-state index in [1.807, 2.05) is 0 Å². The van der Waals surface area contributed by atoms with Crippen molar-refractivity contribution in [1.82, 2.24) is 9.62 Å². The van der Waals surface area contributed by atoms with Crippen molar-refractivity contribution in [1.29, 1.82) is 0 Å². The maximum Gasteiger partial charge on any atom is 0.251 e. The van der Waals surface area contributed by atoms with Crippen molar-refractivity contribution in [2.45, 2.75) is 45.6 Å². The molecule has 32 heavy (non-hydrogen) atoms. The summed E-state index contributed by atoms with van der Waals surface area (Å²) in [4.78, 5) is 25.6. The number of sulfonamides is 1. The molecule has 0 saturated heterocycles. The zero-order chi connectivity index (χ0) is 24.1. The van der Waals surface area contributed by atoms with E-state index in [9.17, 15) is 22.4 Å². The first-order valence-corrected chi connectivity index (χ1v) is 11.9. The highest BCUT2D eigenvalue weighted by Gasteiger charge is 2.27. The number of rotatable bonds is 9. The zero-order valence-corrected chi connectivity index (χ0v) is 19.8. The molecule has 0 bridgehead atoms. The van der Waals surface area contributed by atoms with Gasteiger partial charge in [0.2, 0.25) is 15.9 Å². The number of nitrogens with one attached hydrogen (secondary N) is 2. The summed E-state index contributed by atoms with van der Waals surface area (Å²) in [7, 11) is -3.74. The van der Waals surface area contributed by atoms with Gasteiger partial charge in [0.05, 0.1) is 10.6 Å². The van der Waals surface area contributed by atoms with Crippen LogP contribution in [0.3, 0.4) is 0 Å². The van der Waals surface area contributed by atoms with Gasteiger partial charge in [-0.15, -0.1) is 0 Å². The van der Waals surface area contributed by atoms with Crippen molar-refractivity contribution >= 4 is 27.5 Å². The predicted molar refractivity (Wildman–Crippen MR) is 122 cm³/mol. The van der Waals surface area contributed by atoms with Crippen LogP contribution in [0.5, 0.6) is 0 Å². The van der Waals surface area contributed by atoms with E-state index < -0.39 is 33.7 Å². The van der Waals surface area contributed by atoms with Crippen LogP contribution in [-0.4, -0.2) is 43.7 Å². The zero-order valence-electron chi connectivity index (χ0n) is 19.0. The summed E-state index contributed by atoms with van der Waals surface area (Å²) in [5.41, 5.74) is 0.915. The monoisotopic (exact) mass is 463 g/mol. The molecular formula is C23H30FN3O4S. The van der Waals surface area contributed by atoms with E-state index >= 15 is 0 Å². The fraction of sp³-hybridized carbons (Fsp3) is 0.391. The Balaban J connectivity index is 2.25. The van der Waals surface area contributed by atoms with Crippen molar-refractivity contribution in [3.63, 3.8) is 0 Å². The van der Waals surface area contributed by atoms with Gasteiger partial charge in [0.25, 0.3) is 5.91 Å². The summed E-state index contributed by atoms with van der Waals surface area (Å²) < 4.78 is 40.9. The molecule has 0 heterocycles. The fourth-order valence-electron chi connectivity index (χ4n) is 3.22. The molecular weight excluding hydrogens is 433 g/mol. The molecule has 0 fully saturated rings. The standard InChI is InChI=1S/C23H30FN3O4S/c1-6-27(7-2)32(30,31)18-10-8-9-17(14-18)22(28)26-21(15(3)4)23(29)25-20-13-16(5)11-12-19(20)24/h8-15,21H,6-7H2,1-5H3,(H,25,29)(H,26,28)/t21-/m0/s1. The normalized spacial score (nSPS) is 12.6. The van der Waals surface area contributed by atoms with Gasteiger partial charge in [-0.2, -0.15) is 4.31 Å². The van der Waals surface area contributed by atoms with E-state index in [0.29, 0.717) is 13.1 Å². The van der Waals surface area contributed by atoms with Crippen LogP contribution in [0.15, 0.2) is 47.4 Å². The highest BCUT2D eigenvalue weighted by molar-refractivity contribution is 7.89. The average Bonchev–Trinajstić information content (AvgIpc) is 2.74. The molecule has 2 amide bonds. The summed E-state index contributed by atoms with van der Waals surface area (Å²) in [6.45, 7) is 9.36. The Bertz CT molecular complexity index is 1080. The van der Waals surface area contributed by atoms with Crippen LogP contribution in [0.4, 0.5) is 10.1 Å². The van der Waals surface area contributed by atoms with Gasteiger partial charge in [0.15, 0.2) is 0 Å². The third-order valence-electron chi connectivity index (χ3n) is 5.05. The van der Waals surface area contributed by atoms with E-state index in [-0.39, 0.29) is 22.1 Å². The van der Waals surface area contributed by atoms with Crippen molar-refractivity contribution in [3.05, 3.63) is 59.4 Å². The molecule has 2 rings (SSSR count). The molecule has 0 spiro atoms. The maximum absolute atomic E-state index is 14.0. The number of halogens is 1. The molecule has 9 heteroatoms. The fourth-order valence-corrected chi connectivity index (χ4v) is 4.72. The second-order valence-corrected chi connectivity index (χ2v) is 9.72. The SMILES string of the molecule is CCN(CC)S(=O)(=O)c1cccc(C(=O)N[C@H](C(=O)Nc2cc(C)ccc2F)C(C)C)c1. The summed E-state index contributed by atoms with van der Waals surface area (Å²) in [5, 5.41) is 5.16. The van der Waals surface area contributed by atoms with Gasteiger partial charge in [-0.25, -0.2) is 12.8 Å². The number of anilines is 1.